The highest BCUT2D eigenvalue weighted by atomic mass is 16.5. The summed E-state index contributed by atoms with van der Waals surface area (Å²) in [4.78, 5) is 4.31. The van der Waals surface area contributed by atoms with Crippen LogP contribution in [-0.4, -0.2) is 22.8 Å². The molecule has 0 atom stereocenters. The topological polar surface area (TPSA) is 27.1 Å². The predicted molar refractivity (Wildman–Crippen MR) is 55.2 cm³/mol. The van der Waals surface area contributed by atoms with Crippen LogP contribution in [0.15, 0.2) is 6.20 Å². The fraction of sp³-hybridized carbons (Fsp3) is 0.727. The Morgan fingerprint density at radius 2 is 2.14 bits per heavy atom. The molecular formula is C11H18N2O. The molecule has 0 N–H and O–H groups in total. The molecule has 0 radical (unpaired) electrons. The SMILES string of the molecule is Cc1cnc(C)n1CC1CCOCC1. The van der Waals surface area contributed by atoms with Crippen LogP contribution in [0.5, 0.6) is 0 Å². The fourth-order valence-electron chi connectivity index (χ4n) is 2.04. The Morgan fingerprint density at radius 1 is 1.43 bits per heavy atom. The summed E-state index contributed by atoms with van der Waals surface area (Å²) in [6, 6.07) is 0. The number of aromatic nitrogens is 2. The van der Waals surface area contributed by atoms with Gasteiger partial charge >= 0.3 is 0 Å². The zero-order valence-electron chi connectivity index (χ0n) is 8.99. The lowest BCUT2D eigenvalue weighted by Gasteiger charge is -2.23. The van der Waals surface area contributed by atoms with Crippen LogP contribution in [0.25, 0.3) is 0 Å². The number of ether oxygens (including phenoxy) is 1. The standard InChI is InChI=1S/C11H18N2O/c1-9-7-12-10(2)13(9)8-11-3-5-14-6-4-11/h7,11H,3-6,8H2,1-2H3. The molecule has 0 bridgehead atoms. The molecule has 1 aliphatic heterocycles. The van der Waals surface area contributed by atoms with Crippen molar-refractivity contribution in [2.24, 2.45) is 5.92 Å². The Hall–Kier alpha value is -0.830. The van der Waals surface area contributed by atoms with Crippen molar-refractivity contribution >= 4 is 0 Å². The number of hydrogen-bond acceptors (Lipinski definition) is 2. The highest BCUT2D eigenvalue weighted by Gasteiger charge is 2.15. The summed E-state index contributed by atoms with van der Waals surface area (Å²) in [5.41, 5.74) is 1.27. The maximum absolute atomic E-state index is 5.35. The number of rotatable bonds is 2. The zero-order chi connectivity index (χ0) is 9.97. The van der Waals surface area contributed by atoms with E-state index in [2.05, 4.69) is 23.4 Å². The maximum atomic E-state index is 5.35. The van der Waals surface area contributed by atoms with Gasteiger partial charge in [0.2, 0.25) is 0 Å². The average Bonchev–Trinajstić information content (AvgIpc) is 2.51. The lowest BCUT2D eigenvalue weighted by atomic mass is 10.0. The second kappa shape index (κ2) is 4.13. The molecule has 0 saturated carbocycles. The lowest BCUT2D eigenvalue weighted by Crippen LogP contribution is -2.21. The van der Waals surface area contributed by atoms with E-state index in [1.807, 2.05) is 6.20 Å². The molecule has 0 unspecified atom stereocenters. The van der Waals surface area contributed by atoms with Crippen LogP contribution in [0.3, 0.4) is 0 Å². The first-order chi connectivity index (χ1) is 6.77. The molecule has 2 heterocycles. The van der Waals surface area contributed by atoms with Crippen molar-refractivity contribution < 1.29 is 4.74 Å². The van der Waals surface area contributed by atoms with Crippen LogP contribution in [0.4, 0.5) is 0 Å². The first-order valence-corrected chi connectivity index (χ1v) is 5.34. The van der Waals surface area contributed by atoms with Crippen LogP contribution in [0.2, 0.25) is 0 Å². The van der Waals surface area contributed by atoms with Crippen molar-refractivity contribution in [1.29, 1.82) is 0 Å². The summed E-state index contributed by atoms with van der Waals surface area (Å²) >= 11 is 0. The average molecular weight is 194 g/mol. The minimum atomic E-state index is 0.773. The smallest absolute Gasteiger partial charge is 0.105 e. The van der Waals surface area contributed by atoms with Gasteiger partial charge in [0.1, 0.15) is 5.82 Å². The highest BCUT2D eigenvalue weighted by Crippen LogP contribution is 2.18. The van der Waals surface area contributed by atoms with E-state index in [0.717, 1.165) is 31.5 Å². The Labute approximate surface area is 85.1 Å². The summed E-state index contributed by atoms with van der Waals surface area (Å²) in [5, 5.41) is 0. The number of hydrogen-bond donors (Lipinski definition) is 0. The first-order valence-electron chi connectivity index (χ1n) is 5.34. The molecule has 0 amide bonds. The van der Waals surface area contributed by atoms with E-state index in [-0.39, 0.29) is 0 Å². The molecule has 1 aromatic rings. The van der Waals surface area contributed by atoms with Crippen LogP contribution in [-0.2, 0) is 11.3 Å². The second-order valence-electron chi connectivity index (χ2n) is 4.11. The summed E-state index contributed by atoms with van der Waals surface area (Å²) in [5.74, 6) is 1.91. The number of nitrogens with zero attached hydrogens (tertiary/aromatic N) is 2. The summed E-state index contributed by atoms with van der Waals surface area (Å²) in [7, 11) is 0. The van der Waals surface area contributed by atoms with Crippen LogP contribution >= 0.6 is 0 Å². The molecule has 0 aromatic carbocycles. The zero-order valence-corrected chi connectivity index (χ0v) is 8.99. The third-order valence-corrected chi connectivity index (χ3v) is 3.04. The van der Waals surface area contributed by atoms with E-state index in [1.54, 1.807) is 0 Å². The van der Waals surface area contributed by atoms with Gasteiger partial charge in [-0.25, -0.2) is 4.98 Å². The van der Waals surface area contributed by atoms with Gasteiger partial charge < -0.3 is 9.30 Å². The van der Waals surface area contributed by atoms with Gasteiger partial charge in [0, 0.05) is 31.6 Å². The number of imidazole rings is 1. The first kappa shape index (κ1) is 9.71. The third-order valence-electron chi connectivity index (χ3n) is 3.04. The highest BCUT2D eigenvalue weighted by molar-refractivity contribution is 5.01. The largest absolute Gasteiger partial charge is 0.381 e. The Kier molecular flexibility index (Phi) is 2.87. The van der Waals surface area contributed by atoms with Gasteiger partial charge in [-0.15, -0.1) is 0 Å². The quantitative estimate of drug-likeness (QED) is 0.719. The molecule has 1 saturated heterocycles. The molecule has 1 aromatic heterocycles. The molecule has 2 rings (SSSR count). The van der Waals surface area contributed by atoms with Crippen molar-refractivity contribution in [3.05, 3.63) is 17.7 Å². The van der Waals surface area contributed by atoms with Gasteiger partial charge in [0.05, 0.1) is 0 Å². The summed E-state index contributed by atoms with van der Waals surface area (Å²) in [6.45, 7) is 7.17. The lowest BCUT2D eigenvalue weighted by molar-refractivity contribution is 0.0609. The maximum Gasteiger partial charge on any atom is 0.105 e. The van der Waals surface area contributed by atoms with Gasteiger partial charge in [-0.05, 0) is 32.6 Å². The minimum Gasteiger partial charge on any atom is -0.381 e. The van der Waals surface area contributed by atoms with Gasteiger partial charge in [0.25, 0.3) is 0 Å². The molecule has 3 heteroatoms. The van der Waals surface area contributed by atoms with Crippen molar-refractivity contribution in [2.75, 3.05) is 13.2 Å². The van der Waals surface area contributed by atoms with Crippen LogP contribution < -0.4 is 0 Å². The monoisotopic (exact) mass is 194 g/mol. The number of aryl methyl sites for hydroxylation is 2. The van der Waals surface area contributed by atoms with Crippen molar-refractivity contribution in [3.8, 4) is 0 Å². The van der Waals surface area contributed by atoms with Crippen molar-refractivity contribution in [1.82, 2.24) is 9.55 Å². The van der Waals surface area contributed by atoms with E-state index in [9.17, 15) is 0 Å². The van der Waals surface area contributed by atoms with E-state index < -0.39 is 0 Å². The molecule has 1 fully saturated rings. The van der Waals surface area contributed by atoms with Gasteiger partial charge in [-0.3, -0.25) is 0 Å². The Bertz CT molecular complexity index is 281. The summed E-state index contributed by atoms with van der Waals surface area (Å²) < 4.78 is 7.67. The van der Waals surface area contributed by atoms with E-state index in [4.69, 9.17) is 4.74 Å². The van der Waals surface area contributed by atoms with Gasteiger partial charge in [-0.2, -0.15) is 0 Å². The molecule has 1 aliphatic rings. The fourth-order valence-corrected chi connectivity index (χ4v) is 2.04. The Balaban J connectivity index is 2.02. The van der Waals surface area contributed by atoms with Crippen molar-refractivity contribution in [3.63, 3.8) is 0 Å². The molecule has 14 heavy (non-hydrogen) atoms. The minimum absolute atomic E-state index is 0.773. The van der Waals surface area contributed by atoms with Crippen LogP contribution in [0.1, 0.15) is 24.4 Å². The van der Waals surface area contributed by atoms with Crippen LogP contribution in [0, 0.1) is 19.8 Å². The molecule has 0 aliphatic carbocycles. The molecule has 78 valence electrons. The molecule has 0 spiro atoms. The third kappa shape index (κ3) is 1.98. The second-order valence-corrected chi connectivity index (χ2v) is 4.11. The molecular weight excluding hydrogens is 176 g/mol. The van der Waals surface area contributed by atoms with E-state index in [1.165, 1.54) is 18.5 Å². The summed E-state index contributed by atoms with van der Waals surface area (Å²) in [6.07, 6.45) is 4.34. The van der Waals surface area contributed by atoms with Gasteiger partial charge in [-0.1, -0.05) is 0 Å². The Morgan fingerprint density at radius 3 is 2.71 bits per heavy atom. The van der Waals surface area contributed by atoms with E-state index in [0.29, 0.717) is 0 Å². The molecule has 3 nitrogen and oxygen atoms in total. The normalized spacial score (nSPS) is 18.7. The predicted octanol–water partition coefficient (Wildman–Crippen LogP) is 1.93. The van der Waals surface area contributed by atoms with Gasteiger partial charge in [0.15, 0.2) is 0 Å². The van der Waals surface area contributed by atoms with Crippen molar-refractivity contribution in [2.45, 2.75) is 33.2 Å². The van der Waals surface area contributed by atoms with E-state index >= 15 is 0 Å².